The van der Waals surface area contributed by atoms with Crippen LogP contribution in [-0.4, -0.2) is 16.8 Å². The quantitative estimate of drug-likeness (QED) is 0.776. The molecule has 0 saturated carbocycles. The largest absolute Gasteiger partial charge is 0.508 e. The molecule has 0 spiro atoms. The predicted octanol–water partition coefficient (Wildman–Crippen LogP) is 4.52. The van der Waals surface area contributed by atoms with E-state index in [-0.39, 0.29) is 11.5 Å². The summed E-state index contributed by atoms with van der Waals surface area (Å²) >= 11 is 0. The molecule has 24 heavy (non-hydrogen) atoms. The van der Waals surface area contributed by atoms with E-state index in [4.69, 9.17) is 0 Å². The molecule has 0 aliphatic carbocycles. The van der Waals surface area contributed by atoms with Crippen LogP contribution in [0.3, 0.4) is 0 Å². The summed E-state index contributed by atoms with van der Waals surface area (Å²) in [5.74, 6) is 0.468. The maximum Gasteiger partial charge on any atom is 0.116 e. The van der Waals surface area contributed by atoms with Crippen molar-refractivity contribution in [2.24, 2.45) is 0 Å². The first-order valence-corrected chi connectivity index (χ1v) is 7.95. The van der Waals surface area contributed by atoms with Crippen molar-refractivity contribution in [2.45, 2.75) is 13.3 Å². The molecule has 2 aromatic rings. The Balaban J connectivity index is 2.00. The maximum atomic E-state index is 9.93. The van der Waals surface area contributed by atoms with E-state index in [1.54, 1.807) is 24.3 Å². The minimum atomic E-state index is 0.219. The van der Waals surface area contributed by atoms with Gasteiger partial charge in [-0.05, 0) is 65.1 Å². The van der Waals surface area contributed by atoms with Crippen LogP contribution in [-0.2, 0) is 0 Å². The van der Waals surface area contributed by atoms with Crippen molar-refractivity contribution in [2.75, 3.05) is 6.54 Å². The first-order chi connectivity index (χ1) is 11.5. The lowest BCUT2D eigenvalue weighted by Crippen LogP contribution is -2.15. The van der Waals surface area contributed by atoms with Crippen molar-refractivity contribution in [1.82, 2.24) is 5.32 Å². The summed E-state index contributed by atoms with van der Waals surface area (Å²) in [6.45, 7) is 7.01. The molecule has 0 radical (unpaired) electrons. The van der Waals surface area contributed by atoms with Crippen LogP contribution in [0, 0.1) is 6.92 Å². The zero-order chi connectivity index (χ0) is 17.1. The van der Waals surface area contributed by atoms with Crippen LogP contribution in [0.1, 0.15) is 17.5 Å². The first-order valence-electron chi connectivity index (χ1n) is 7.95. The average Bonchev–Trinajstić information content (AvgIpc) is 2.56. The number of aryl methyl sites for hydroxylation is 1. The first kappa shape index (κ1) is 15.9. The lowest BCUT2D eigenvalue weighted by Gasteiger charge is -2.18. The van der Waals surface area contributed by atoms with Crippen molar-refractivity contribution >= 4 is 5.57 Å². The fourth-order valence-corrected chi connectivity index (χ4v) is 2.96. The van der Waals surface area contributed by atoms with Gasteiger partial charge in [0.15, 0.2) is 0 Å². The lowest BCUT2D eigenvalue weighted by atomic mass is 9.90. The Morgan fingerprint density at radius 1 is 1.08 bits per heavy atom. The van der Waals surface area contributed by atoms with E-state index < -0.39 is 0 Å². The van der Waals surface area contributed by atoms with E-state index in [0.717, 1.165) is 40.1 Å². The van der Waals surface area contributed by atoms with Crippen LogP contribution in [0.15, 0.2) is 66.9 Å². The molecule has 3 nitrogen and oxygen atoms in total. The highest BCUT2D eigenvalue weighted by molar-refractivity contribution is 5.83. The van der Waals surface area contributed by atoms with Gasteiger partial charge in [0.1, 0.15) is 11.5 Å². The van der Waals surface area contributed by atoms with Crippen molar-refractivity contribution in [3.8, 4) is 22.6 Å². The highest BCUT2D eigenvalue weighted by Gasteiger charge is 2.13. The summed E-state index contributed by atoms with van der Waals surface area (Å²) in [7, 11) is 0. The second kappa shape index (κ2) is 6.67. The maximum absolute atomic E-state index is 9.93. The zero-order valence-electron chi connectivity index (χ0n) is 13.7. The second-order valence-electron chi connectivity index (χ2n) is 6.01. The number of dihydropyridines is 1. The van der Waals surface area contributed by atoms with Crippen LogP contribution in [0.25, 0.3) is 16.7 Å². The van der Waals surface area contributed by atoms with Crippen molar-refractivity contribution < 1.29 is 10.2 Å². The molecule has 0 aromatic heterocycles. The molecule has 3 N–H and O–H groups in total. The van der Waals surface area contributed by atoms with E-state index in [9.17, 15) is 10.2 Å². The molecule has 0 amide bonds. The normalized spacial score (nSPS) is 13.3. The number of hydrogen-bond donors (Lipinski definition) is 3. The third kappa shape index (κ3) is 3.35. The predicted molar refractivity (Wildman–Crippen MR) is 98.8 cm³/mol. The Bertz CT molecular complexity index is 847. The molecule has 3 heteroatoms. The van der Waals surface area contributed by atoms with Gasteiger partial charge in [0.25, 0.3) is 0 Å². The van der Waals surface area contributed by atoms with Gasteiger partial charge in [-0.25, -0.2) is 0 Å². The van der Waals surface area contributed by atoms with Crippen molar-refractivity contribution in [3.05, 3.63) is 78.0 Å². The number of nitrogens with one attached hydrogen (secondary N) is 1. The lowest BCUT2D eigenvalue weighted by molar-refractivity contribution is 0.474. The fraction of sp³-hybridized carbons (Fsp3) is 0.143. The van der Waals surface area contributed by atoms with Crippen LogP contribution >= 0.6 is 0 Å². The van der Waals surface area contributed by atoms with Crippen molar-refractivity contribution in [1.29, 1.82) is 0 Å². The minimum absolute atomic E-state index is 0.219. The number of allylic oxidation sites excluding steroid dienone is 3. The molecule has 3 rings (SSSR count). The van der Waals surface area contributed by atoms with Crippen LogP contribution in [0.4, 0.5) is 0 Å². The molecular formula is C21H21NO2. The molecule has 1 heterocycles. The number of benzene rings is 2. The van der Waals surface area contributed by atoms with Crippen LogP contribution in [0.2, 0.25) is 0 Å². The molecule has 0 atom stereocenters. The molecule has 1 aliphatic rings. The van der Waals surface area contributed by atoms with E-state index in [2.05, 4.69) is 18.0 Å². The van der Waals surface area contributed by atoms with E-state index in [1.807, 2.05) is 31.2 Å². The van der Waals surface area contributed by atoms with Gasteiger partial charge in [-0.1, -0.05) is 30.9 Å². The van der Waals surface area contributed by atoms with Gasteiger partial charge >= 0.3 is 0 Å². The van der Waals surface area contributed by atoms with Gasteiger partial charge in [0.05, 0.1) is 0 Å². The Morgan fingerprint density at radius 3 is 2.46 bits per heavy atom. The van der Waals surface area contributed by atoms with E-state index in [0.29, 0.717) is 6.42 Å². The summed E-state index contributed by atoms with van der Waals surface area (Å²) in [5.41, 5.74) is 5.96. The van der Waals surface area contributed by atoms with Gasteiger partial charge < -0.3 is 15.5 Å². The summed E-state index contributed by atoms with van der Waals surface area (Å²) in [5, 5.41) is 22.9. The Kier molecular flexibility index (Phi) is 4.43. The van der Waals surface area contributed by atoms with Crippen LogP contribution in [0.5, 0.6) is 11.5 Å². The van der Waals surface area contributed by atoms with Crippen molar-refractivity contribution in [3.63, 3.8) is 0 Å². The molecule has 1 aliphatic heterocycles. The average molecular weight is 319 g/mol. The minimum Gasteiger partial charge on any atom is -0.508 e. The number of aromatic hydroxyl groups is 2. The SMILES string of the molecule is C=C(CC1=CC=CCN1)c1cc(O)ccc1-c1ccc(O)cc1C. The number of rotatable bonds is 4. The third-order valence-electron chi connectivity index (χ3n) is 4.17. The van der Waals surface area contributed by atoms with Gasteiger partial charge in [-0.2, -0.15) is 0 Å². The molecule has 2 aromatic carbocycles. The topological polar surface area (TPSA) is 52.5 Å². The fourth-order valence-electron chi connectivity index (χ4n) is 2.96. The second-order valence-corrected chi connectivity index (χ2v) is 6.01. The summed E-state index contributed by atoms with van der Waals surface area (Å²) in [4.78, 5) is 0. The van der Waals surface area contributed by atoms with Gasteiger partial charge in [0.2, 0.25) is 0 Å². The molecule has 0 bridgehead atoms. The number of hydrogen-bond acceptors (Lipinski definition) is 3. The number of phenols is 2. The van der Waals surface area contributed by atoms with Gasteiger partial charge in [-0.3, -0.25) is 0 Å². The summed E-state index contributed by atoms with van der Waals surface area (Å²) in [6, 6.07) is 10.7. The third-order valence-corrected chi connectivity index (χ3v) is 4.17. The Hall–Kier alpha value is -2.94. The van der Waals surface area contributed by atoms with Gasteiger partial charge in [-0.15, -0.1) is 0 Å². The van der Waals surface area contributed by atoms with E-state index in [1.165, 1.54) is 0 Å². The molecular weight excluding hydrogens is 298 g/mol. The van der Waals surface area contributed by atoms with Crippen LogP contribution < -0.4 is 5.32 Å². The monoisotopic (exact) mass is 319 g/mol. The molecule has 122 valence electrons. The smallest absolute Gasteiger partial charge is 0.116 e. The van der Waals surface area contributed by atoms with E-state index >= 15 is 0 Å². The molecule has 0 saturated heterocycles. The molecule has 0 unspecified atom stereocenters. The standard InChI is InChI=1S/C21H21NO2/c1-14(11-16-5-3-4-10-22-16)21-13-18(24)7-9-20(21)19-8-6-17(23)12-15(19)2/h3-9,12-13,22-24H,1,10-11H2,2H3. The Morgan fingerprint density at radius 2 is 1.79 bits per heavy atom. The zero-order valence-corrected chi connectivity index (χ0v) is 13.7. The highest BCUT2D eigenvalue weighted by Crippen LogP contribution is 2.36. The number of phenolic OH excluding ortho intramolecular Hbond substituents is 2. The highest BCUT2D eigenvalue weighted by atomic mass is 16.3. The van der Waals surface area contributed by atoms with Gasteiger partial charge in [0, 0.05) is 18.7 Å². The molecule has 0 fully saturated rings. The summed E-state index contributed by atoms with van der Waals surface area (Å²) in [6.07, 6.45) is 6.83. The Labute approximate surface area is 142 Å². The summed E-state index contributed by atoms with van der Waals surface area (Å²) < 4.78 is 0.